The quantitative estimate of drug-likeness (QED) is 0.511. The second-order valence-electron chi connectivity index (χ2n) is 9.53. The lowest BCUT2D eigenvalue weighted by molar-refractivity contribution is -0.136. The number of nitrogens with one attached hydrogen (secondary N) is 1. The molecule has 0 bridgehead atoms. The first-order valence-electron chi connectivity index (χ1n) is 12.8. The van der Waals surface area contributed by atoms with Gasteiger partial charge in [-0.15, -0.1) is 0 Å². The van der Waals surface area contributed by atoms with Crippen LogP contribution in [-0.4, -0.2) is 80.1 Å². The molecule has 1 aromatic carbocycles. The van der Waals surface area contributed by atoms with E-state index < -0.39 is 6.04 Å². The Morgan fingerprint density at radius 3 is 2.39 bits per heavy atom. The molecule has 1 saturated heterocycles. The van der Waals surface area contributed by atoms with Gasteiger partial charge in [-0.05, 0) is 58.4 Å². The molecule has 2 aromatic heterocycles. The Kier molecular flexibility index (Phi) is 8.13. The van der Waals surface area contributed by atoms with Crippen molar-refractivity contribution in [3.63, 3.8) is 0 Å². The largest absolute Gasteiger partial charge is 0.450 e. The normalized spacial score (nSPS) is 14.3. The van der Waals surface area contributed by atoms with Crippen molar-refractivity contribution in [2.24, 2.45) is 0 Å². The molecule has 1 atom stereocenters. The molecule has 3 heterocycles. The molecule has 11 nitrogen and oxygen atoms in total. The smallest absolute Gasteiger partial charge is 0.409 e. The molecule has 0 spiro atoms. The second-order valence-corrected chi connectivity index (χ2v) is 9.53. The van der Waals surface area contributed by atoms with E-state index in [1.165, 1.54) is 0 Å². The number of benzene rings is 1. The van der Waals surface area contributed by atoms with Gasteiger partial charge in [-0.2, -0.15) is 10.2 Å². The highest BCUT2D eigenvalue weighted by Crippen LogP contribution is 2.20. The maximum absolute atomic E-state index is 13.1. The Bertz CT molecular complexity index is 1320. The van der Waals surface area contributed by atoms with Gasteiger partial charge < -0.3 is 19.9 Å². The summed E-state index contributed by atoms with van der Waals surface area (Å²) in [4.78, 5) is 41.4. The van der Waals surface area contributed by atoms with E-state index in [2.05, 4.69) is 15.5 Å². The summed E-state index contributed by atoms with van der Waals surface area (Å²) in [6.07, 6.45) is 1.33. The molecule has 202 valence electrons. The first kappa shape index (κ1) is 26.9. The molecule has 0 radical (unpaired) electrons. The number of amides is 3. The van der Waals surface area contributed by atoms with Crippen LogP contribution in [0.4, 0.5) is 10.5 Å². The van der Waals surface area contributed by atoms with E-state index in [-0.39, 0.29) is 17.9 Å². The Hall–Kier alpha value is -4.15. The molecule has 0 aliphatic carbocycles. The second kappa shape index (κ2) is 11.5. The summed E-state index contributed by atoms with van der Waals surface area (Å²) in [6.45, 7) is 11.9. The first-order valence-corrected chi connectivity index (χ1v) is 12.8. The predicted molar refractivity (Wildman–Crippen MR) is 142 cm³/mol. The lowest BCUT2D eigenvalue weighted by Crippen LogP contribution is -2.52. The predicted octanol–water partition coefficient (Wildman–Crippen LogP) is 3.17. The van der Waals surface area contributed by atoms with Crippen LogP contribution in [-0.2, 0) is 16.1 Å². The number of anilines is 1. The van der Waals surface area contributed by atoms with Gasteiger partial charge in [-0.3, -0.25) is 19.0 Å². The Balaban J connectivity index is 1.38. The summed E-state index contributed by atoms with van der Waals surface area (Å²) in [5, 5.41) is 11.9. The Morgan fingerprint density at radius 1 is 1.03 bits per heavy atom. The molecule has 0 saturated carbocycles. The number of carbonyl (C=O) groups excluding carboxylic acids is 3. The minimum absolute atomic E-state index is 0.0919. The third-order valence-corrected chi connectivity index (χ3v) is 6.66. The van der Waals surface area contributed by atoms with Crippen LogP contribution in [0.5, 0.6) is 0 Å². The summed E-state index contributed by atoms with van der Waals surface area (Å²) in [5.74, 6) is -0.345. The number of hydrogen-bond donors (Lipinski definition) is 1. The zero-order chi connectivity index (χ0) is 27.4. The van der Waals surface area contributed by atoms with Crippen molar-refractivity contribution in [1.82, 2.24) is 29.4 Å². The minimum Gasteiger partial charge on any atom is -0.450 e. The van der Waals surface area contributed by atoms with Crippen molar-refractivity contribution < 1.29 is 19.1 Å². The number of aromatic nitrogens is 4. The van der Waals surface area contributed by atoms with Crippen LogP contribution in [0.1, 0.15) is 52.9 Å². The van der Waals surface area contributed by atoms with Gasteiger partial charge in [0.2, 0.25) is 5.91 Å². The monoisotopic (exact) mass is 521 g/mol. The van der Waals surface area contributed by atoms with Gasteiger partial charge in [-0.1, -0.05) is 12.1 Å². The molecule has 3 amide bonds. The van der Waals surface area contributed by atoms with E-state index in [0.29, 0.717) is 56.3 Å². The van der Waals surface area contributed by atoms with Crippen LogP contribution in [0.25, 0.3) is 0 Å². The lowest BCUT2D eigenvalue weighted by atomic mass is 10.1. The van der Waals surface area contributed by atoms with Crippen LogP contribution in [0.3, 0.4) is 0 Å². The van der Waals surface area contributed by atoms with E-state index in [4.69, 9.17) is 4.74 Å². The van der Waals surface area contributed by atoms with Gasteiger partial charge >= 0.3 is 6.09 Å². The lowest BCUT2D eigenvalue weighted by Gasteiger charge is -2.35. The number of hydrogen-bond acceptors (Lipinski definition) is 6. The fourth-order valence-electron chi connectivity index (χ4n) is 4.52. The van der Waals surface area contributed by atoms with Crippen molar-refractivity contribution in [1.29, 1.82) is 0 Å². The van der Waals surface area contributed by atoms with Crippen molar-refractivity contribution in [3.8, 4) is 0 Å². The van der Waals surface area contributed by atoms with Crippen molar-refractivity contribution in [2.45, 2.75) is 47.2 Å². The summed E-state index contributed by atoms with van der Waals surface area (Å²) in [7, 11) is 0. The highest BCUT2D eigenvalue weighted by atomic mass is 16.6. The zero-order valence-electron chi connectivity index (χ0n) is 22.6. The van der Waals surface area contributed by atoms with Crippen LogP contribution < -0.4 is 5.32 Å². The zero-order valence-corrected chi connectivity index (χ0v) is 22.6. The summed E-state index contributed by atoms with van der Waals surface area (Å²) >= 11 is 0. The molecular formula is C27H35N7O4. The molecule has 11 heteroatoms. The minimum atomic E-state index is -0.558. The van der Waals surface area contributed by atoms with E-state index in [1.54, 1.807) is 47.5 Å². The Morgan fingerprint density at radius 2 is 1.74 bits per heavy atom. The van der Waals surface area contributed by atoms with Crippen molar-refractivity contribution in [3.05, 3.63) is 64.7 Å². The standard InChI is InChI=1S/C27H35N7O4/c1-6-38-27(37)32-12-10-31(11-13-32)26(36)21(5)34-17-24(20(4)30-34)28-25(35)23-9-7-8-22(15-23)16-33-19(3)14-18(2)29-33/h7-9,14-15,17,21H,6,10-13,16H2,1-5H3,(H,28,35). The van der Waals surface area contributed by atoms with Gasteiger partial charge in [0.25, 0.3) is 5.91 Å². The maximum Gasteiger partial charge on any atom is 0.409 e. The van der Waals surface area contributed by atoms with Gasteiger partial charge in [-0.25, -0.2) is 4.79 Å². The van der Waals surface area contributed by atoms with Gasteiger partial charge in [0, 0.05) is 43.6 Å². The van der Waals surface area contributed by atoms with Gasteiger partial charge in [0.15, 0.2) is 0 Å². The third-order valence-electron chi connectivity index (χ3n) is 6.66. The molecule has 1 aliphatic heterocycles. The van der Waals surface area contributed by atoms with Crippen molar-refractivity contribution >= 4 is 23.6 Å². The van der Waals surface area contributed by atoms with E-state index in [1.807, 2.05) is 42.8 Å². The third kappa shape index (κ3) is 6.04. The first-order chi connectivity index (χ1) is 18.2. The molecular weight excluding hydrogens is 486 g/mol. The fraction of sp³-hybridized carbons (Fsp3) is 0.444. The summed E-state index contributed by atoms with van der Waals surface area (Å²) < 4.78 is 8.53. The molecule has 3 aromatic rings. The SMILES string of the molecule is CCOC(=O)N1CCN(C(=O)C(C)n2cc(NC(=O)c3cccc(Cn4nc(C)cc4C)c3)c(C)n2)CC1. The summed E-state index contributed by atoms with van der Waals surface area (Å²) in [6, 6.07) is 8.91. The number of carbonyl (C=O) groups is 3. The molecule has 1 unspecified atom stereocenters. The number of ether oxygens (including phenoxy) is 1. The van der Waals surface area contributed by atoms with Gasteiger partial charge in [0.05, 0.1) is 30.2 Å². The average molecular weight is 522 g/mol. The Labute approximate surface area is 222 Å². The topological polar surface area (TPSA) is 115 Å². The van der Waals surface area contributed by atoms with E-state index in [9.17, 15) is 14.4 Å². The number of aryl methyl sites for hydroxylation is 3. The van der Waals surface area contributed by atoms with Crippen LogP contribution >= 0.6 is 0 Å². The molecule has 38 heavy (non-hydrogen) atoms. The molecule has 1 N–H and O–H groups in total. The maximum atomic E-state index is 13.1. The fourth-order valence-corrected chi connectivity index (χ4v) is 4.52. The van der Waals surface area contributed by atoms with Crippen LogP contribution in [0.15, 0.2) is 36.5 Å². The van der Waals surface area contributed by atoms with Crippen molar-refractivity contribution in [2.75, 3.05) is 38.1 Å². The highest BCUT2D eigenvalue weighted by molar-refractivity contribution is 6.04. The number of rotatable bonds is 7. The van der Waals surface area contributed by atoms with Crippen LogP contribution in [0.2, 0.25) is 0 Å². The number of piperazine rings is 1. The van der Waals surface area contributed by atoms with Gasteiger partial charge in [0.1, 0.15) is 6.04 Å². The average Bonchev–Trinajstić information content (AvgIpc) is 3.43. The molecule has 1 fully saturated rings. The molecule has 4 rings (SSSR count). The molecule has 1 aliphatic rings. The van der Waals surface area contributed by atoms with Crippen LogP contribution in [0, 0.1) is 20.8 Å². The van der Waals surface area contributed by atoms with E-state index in [0.717, 1.165) is 17.0 Å². The summed E-state index contributed by atoms with van der Waals surface area (Å²) in [5.41, 5.74) is 4.67. The van der Waals surface area contributed by atoms with E-state index >= 15 is 0 Å². The highest BCUT2D eigenvalue weighted by Gasteiger charge is 2.29. The number of nitrogens with zero attached hydrogens (tertiary/aromatic N) is 6.